The van der Waals surface area contributed by atoms with E-state index in [9.17, 15) is 9.59 Å². The van der Waals surface area contributed by atoms with Crippen LogP contribution in [0.15, 0.2) is 83.7 Å². The van der Waals surface area contributed by atoms with Gasteiger partial charge in [0.15, 0.2) is 4.77 Å². The molecule has 0 aliphatic heterocycles. The second kappa shape index (κ2) is 8.24. The molecule has 5 nitrogen and oxygen atoms in total. The molecule has 3 aromatic carbocycles. The highest BCUT2D eigenvalue weighted by Crippen LogP contribution is 2.12. The summed E-state index contributed by atoms with van der Waals surface area (Å²) in [6, 6.07) is 24.1. The lowest BCUT2D eigenvalue weighted by Gasteiger charge is -2.09. The average Bonchev–Trinajstić information content (AvgIpc) is 2.75. The molecule has 0 aliphatic rings. The monoisotopic (exact) mass is 401 g/mol. The Morgan fingerprint density at radius 1 is 0.931 bits per heavy atom. The molecule has 0 saturated heterocycles. The Morgan fingerprint density at radius 2 is 1.62 bits per heavy atom. The minimum absolute atomic E-state index is 0.150. The summed E-state index contributed by atoms with van der Waals surface area (Å²) in [5.74, 6) is -0.150. The number of para-hydroxylation sites is 1. The maximum Gasteiger partial charge on any atom is 0.266 e. The molecule has 29 heavy (non-hydrogen) atoms. The number of rotatable bonds is 5. The number of aromatic nitrogens is 2. The lowest BCUT2D eigenvalue weighted by atomic mass is 10.1. The molecule has 6 heteroatoms. The van der Waals surface area contributed by atoms with Gasteiger partial charge in [-0.15, -0.1) is 0 Å². The molecule has 1 heterocycles. The average molecular weight is 401 g/mol. The Bertz CT molecular complexity index is 1280. The van der Waals surface area contributed by atoms with E-state index in [1.165, 1.54) is 10.1 Å². The van der Waals surface area contributed by atoms with Crippen molar-refractivity contribution in [1.82, 2.24) is 14.9 Å². The van der Waals surface area contributed by atoms with Gasteiger partial charge in [-0.05, 0) is 60.6 Å². The number of carbonyl (C=O) groups excluding carboxylic acids is 1. The standard InChI is InChI=1S/C23H19N3O2S/c27-21(24-15-14-16-6-2-1-3-7-16)17-10-12-18(13-11-17)26-22(28)19-8-4-5-9-20(19)25-23(26)29/h1-13H,14-15H2,(H,24,27)(H,25,29). The van der Waals surface area contributed by atoms with E-state index in [4.69, 9.17) is 12.2 Å². The second-order valence-corrected chi connectivity index (χ2v) is 7.04. The number of nitrogens with zero attached hydrogens (tertiary/aromatic N) is 1. The highest BCUT2D eigenvalue weighted by atomic mass is 32.1. The summed E-state index contributed by atoms with van der Waals surface area (Å²) in [5, 5.41) is 3.48. The minimum Gasteiger partial charge on any atom is -0.352 e. The number of hydrogen-bond donors (Lipinski definition) is 2. The van der Waals surface area contributed by atoms with E-state index in [2.05, 4.69) is 10.3 Å². The van der Waals surface area contributed by atoms with Crippen molar-refractivity contribution < 1.29 is 4.79 Å². The van der Waals surface area contributed by atoms with Crippen LogP contribution < -0.4 is 10.9 Å². The van der Waals surface area contributed by atoms with Gasteiger partial charge in [-0.1, -0.05) is 42.5 Å². The highest BCUT2D eigenvalue weighted by Gasteiger charge is 2.09. The molecule has 4 aromatic rings. The van der Waals surface area contributed by atoms with E-state index in [1.54, 1.807) is 30.3 Å². The number of hydrogen-bond acceptors (Lipinski definition) is 3. The molecule has 0 radical (unpaired) electrons. The van der Waals surface area contributed by atoms with Gasteiger partial charge < -0.3 is 10.3 Å². The zero-order chi connectivity index (χ0) is 20.2. The minimum atomic E-state index is -0.190. The molecule has 0 bridgehead atoms. The SMILES string of the molecule is O=C(NCCc1ccccc1)c1ccc(-n2c(=S)[nH]c3ccccc3c2=O)cc1. The summed E-state index contributed by atoms with van der Waals surface area (Å²) in [6.45, 7) is 0.556. The van der Waals surface area contributed by atoms with Gasteiger partial charge in [0.25, 0.3) is 11.5 Å². The van der Waals surface area contributed by atoms with Gasteiger partial charge in [-0.25, -0.2) is 0 Å². The van der Waals surface area contributed by atoms with Gasteiger partial charge in [0.2, 0.25) is 0 Å². The van der Waals surface area contributed by atoms with Gasteiger partial charge in [0.1, 0.15) is 0 Å². The molecule has 144 valence electrons. The third kappa shape index (κ3) is 4.02. The molecule has 0 fully saturated rings. The van der Waals surface area contributed by atoms with Crippen molar-refractivity contribution in [2.45, 2.75) is 6.42 Å². The van der Waals surface area contributed by atoms with Gasteiger partial charge in [-0.3, -0.25) is 14.2 Å². The highest BCUT2D eigenvalue weighted by molar-refractivity contribution is 7.71. The number of nitrogens with one attached hydrogen (secondary N) is 2. The summed E-state index contributed by atoms with van der Waals surface area (Å²) in [7, 11) is 0. The first-order valence-electron chi connectivity index (χ1n) is 9.30. The molecule has 0 saturated carbocycles. The van der Waals surface area contributed by atoms with Crippen molar-refractivity contribution in [3.63, 3.8) is 0 Å². The fourth-order valence-corrected chi connectivity index (χ4v) is 3.52. The zero-order valence-electron chi connectivity index (χ0n) is 15.6. The van der Waals surface area contributed by atoms with Crippen molar-refractivity contribution >= 4 is 29.0 Å². The van der Waals surface area contributed by atoms with Crippen LogP contribution in [0.2, 0.25) is 0 Å². The summed E-state index contributed by atoms with van der Waals surface area (Å²) in [6.07, 6.45) is 0.770. The normalized spacial score (nSPS) is 10.8. The topological polar surface area (TPSA) is 66.9 Å². The number of aromatic amines is 1. The summed E-state index contributed by atoms with van der Waals surface area (Å²) < 4.78 is 1.75. The van der Waals surface area contributed by atoms with Gasteiger partial charge in [-0.2, -0.15) is 0 Å². The maximum absolute atomic E-state index is 12.8. The molecule has 0 aliphatic carbocycles. The summed E-state index contributed by atoms with van der Waals surface area (Å²) in [5.41, 5.74) is 2.83. The lowest BCUT2D eigenvalue weighted by Crippen LogP contribution is -2.26. The Kier molecular flexibility index (Phi) is 5.35. The van der Waals surface area contributed by atoms with Crippen LogP contribution in [0, 0.1) is 4.77 Å². The first-order chi connectivity index (χ1) is 14.1. The smallest absolute Gasteiger partial charge is 0.266 e. The lowest BCUT2D eigenvalue weighted by molar-refractivity contribution is 0.0954. The van der Waals surface area contributed by atoms with Crippen LogP contribution in [0.5, 0.6) is 0 Å². The van der Waals surface area contributed by atoms with E-state index >= 15 is 0 Å². The molecular formula is C23H19N3O2S. The largest absolute Gasteiger partial charge is 0.352 e. The molecular weight excluding hydrogens is 382 g/mol. The van der Waals surface area contributed by atoms with Crippen LogP contribution in [-0.4, -0.2) is 22.0 Å². The molecule has 0 atom stereocenters. The summed E-state index contributed by atoms with van der Waals surface area (Å²) in [4.78, 5) is 28.3. The van der Waals surface area contributed by atoms with E-state index < -0.39 is 0 Å². The Labute approximate surface area is 172 Å². The predicted octanol–water partition coefficient (Wildman–Crippen LogP) is 4.02. The number of fused-ring (bicyclic) bond motifs is 1. The van der Waals surface area contributed by atoms with Crippen molar-refractivity contribution in [2.24, 2.45) is 0 Å². The maximum atomic E-state index is 12.8. The van der Waals surface area contributed by atoms with Gasteiger partial charge >= 0.3 is 0 Å². The molecule has 0 spiro atoms. The Morgan fingerprint density at radius 3 is 2.38 bits per heavy atom. The van der Waals surface area contributed by atoms with E-state index in [-0.39, 0.29) is 11.5 Å². The van der Waals surface area contributed by atoms with Crippen LogP contribution >= 0.6 is 12.2 Å². The quantitative estimate of drug-likeness (QED) is 0.497. The van der Waals surface area contributed by atoms with Crippen molar-refractivity contribution in [1.29, 1.82) is 0 Å². The van der Waals surface area contributed by atoms with Crippen LogP contribution in [-0.2, 0) is 6.42 Å². The number of H-pyrrole nitrogens is 1. The predicted molar refractivity (Wildman–Crippen MR) is 117 cm³/mol. The van der Waals surface area contributed by atoms with Gasteiger partial charge in [0.05, 0.1) is 16.6 Å². The first-order valence-corrected chi connectivity index (χ1v) is 9.71. The van der Waals surface area contributed by atoms with Crippen LogP contribution in [0.4, 0.5) is 0 Å². The molecule has 1 aromatic heterocycles. The zero-order valence-corrected chi connectivity index (χ0v) is 16.4. The van der Waals surface area contributed by atoms with Crippen LogP contribution in [0.1, 0.15) is 15.9 Å². The van der Waals surface area contributed by atoms with Crippen molar-refractivity contribution in [2.75, 3.05) is 6.54 Å². The first kappa shape index (κ1) is 18.8. The molecule has 4 rings (SSSR count). The number of amides is 1. The van der Waals surface area contributed by atoms with E-state index in [0.717, 1.165) is 6.42 Å². The Balaban J connectivity index is 1.52. The molecule has 1 amide bonds. The van der Waals surface area contributed by atoms with Crippen LogP contribution in [0.3, 0.4) is 0 Å². The van der Waals surface area contributed by atoms with E-state index in [1.807, 2.05) is 48.5 Å². The molecule has 0 unspecified atom stereocenters. The molecule has 2 N–H and O–H groups in total. The second-order valence-electron chi connectivity index (χ2n) is 6.65. The fourth-order valence-electron chi connectivity index (χ4n) is 3.23. The third-order valence-corrected chi connectivity index (χ3v) is 5.02. The van der Waals surface area contributed by atoms with Crippen molar-refractivity contribution in [3.05, 3.63) is 105 Å². The fraction of sp³-hybridized carbons (Fsp3) is 0.0870. The van der Waals surface area contributed by atoms with E-state index in [0.29, 0.717) is 33.5 Å². The van der Waals surface area contributed by atoms with Gasteiger partial charge in [0, 0.05) is 12.1 Å². The Hall–Kier alpha value is -3.51. The van der Waals surface area contributed by atoms with Crippen molar-refractivity contribution in [3.8, 4) is 5.69 Å². The number of benzene rings is 3. The number of carbonyl (C=O) groups is 1. The summed E-state index contributed by atoms with van der Waals surface area (Å²) >= 11 is 5.37. The third-order valence-electron chi connectivity index (χ3n) is 4.74. The van der Waals surface area contributed by atoms with Crippen LogP contribution in [0.25, 0.3) is 16.6 Å².